The van der Waals surface area contributed by atoms with E-state index in [0.29, 0.717) is 6.04 Å². The quantitative estimate of drug-likeness (QED) is 0.825. The van der Waals surface area contributed by atoms with Gasteiger partial charge >= 0.3 is 0 Å². The van der Waals surface area contributed by atoms with E-state index in [1.807, 2.05) is 37.1 Å². The van der Waals surface area contributed by atoms with Crippen molar-refractivity contribution >= 4 is 5.91 Å². The molecule has 0 N–H and O–H groups in total. The Morgan fingerprint density at radius 3 is 2.62 bits per heavy atom. The number of benzene rings is 1. The number of para-hydroxylation sites is 1. The van der Waals surface area contributed by atoms with Crippen molar-refractivity contribution in [3.8, 4) is 5.75 Å². The van der Waals surface area contributed by atoms with Crippen LogP contribution in [0.15, 0.2) is 24.3 Å². The second-order valence-corrected chi connectivity index (χ2v) is 5.96. The molecular formula is C18H27NO2. The molecule has 0 radical (unpaired) electrons. The summed E-state index contributed by atoms with van der Waals surface area (Å²) >= 11 is 0. The van der Waals surface area contributed by atoms with Crippen molar-refractivity contribution in [3.05, 3.63) is 29.8 Å². The lowest BCUT2D eigenvalue weighted by molar-refractivity contribution is -0.139. The Balaban J connectivity index is 1.98. The Kier molecular flexibility index (Phi) is 5.66. The van der Waals surface area contributed by atoms with Gasteiger partial charge in [-0.25, -0.2) is 0 Å². The van der Waals surface area contributed by atoms with E-state index in [-0.39, 0.29) is 5.91 Å². The molecule has 0 aromatic heterocycles. The highest BCUT2D eigenvalue weighted by molar-refractivity contribution is 5.81. The molecule has 1 fully saturated rings. The number of carbonyl (C=O) groups excluding carboxylic acids is 1. The summed E-state index contributed by atoms with van der Waals surface area (Å²) in [5.41, 5.74) is 1.15. The van der Waals surface area contributed by atoms with Gasteiger partial charge < -0.3 is 9.64 Å². The summed E-state index contributed by atoms with van der Waals surface area (Å²) in [5, 5.41) is 0. The zero-order valence-electron chi connectivity index (χ0n) is 13.5. The van der Waals surface area contributed by atoms with Gasteiger partial charge in [0, 0.05) is 13.1 Å². The molecule has 1 aliphatic carbocycles. The third-order valence-electron chi connectivity index (χ3n) is 4.48. The highest BCUT2D eigenvalue weighted by Crippen LogP contribution is 2.24. The van der Waals surface area contributed by atoms with Crippen molar-refractivity contribution in [1.82, 2.24) is 4.90 Å². The van der Waals surface area contributed by atoms with Crippen LogP contribution in [0.4, 0.5) is 0 Å². The summed E-state index contributed by atoms with van der Waals surface area (Å²) in [6.45, 7) is 3.96. The molecule has 1 atom stereocenters. The van der Waals surface area contributed by atoms with Crippen LogP contribution in [0.25, 0.3) is 0 Å². The van der Waals surface area contributed by atoms with E-state index < -0.39 is 6.10 Å². The molecule has 0 spiro atoms. The van der Waals surface area contributed by atoms with E-state index >= 15 is 0 Å². The summed E-state index contributed by atoms with van der Waals surface area (Å²) in [6.07, 6.45) is 6.50. The average molecular weight is 289 g/mol. The monoisotopic (exact) mass is 289 g/mol. The standard InChI is InChI=1S/C18H27NO2/c1-4-15-10-8-9-13-17(15)21-14(2)18(20)19(3)16-11-6-5-7-12-16/h8-10,13-14,16H,4-7,11-12H2,1-3H3/t14-/m0/s1. The molecule has 3 nitrogen and oxygen atoms in total. The smallest absolute Gasteiger partial charge is 0.263 e. The largest absolute Gasteiger partial charge is 0.481 e. The van der Waals surface area contributed by atoms with Gasteiger partial charge in [-0.05, 0) is 37.8 Å². The van der Waals surface area contributed by atoms with Gasteiger partial charge in [0.2, 0.25) is 0 Å². The van der Waals surface area contributed by atoms with Crippen LogP contribution in [0.3, 0.4) is 0 Å². The van der Waals surface area contributed by atoms with Gasteiger partial charge in [-0.2, -0.15) is 0 Å². The van der Waals surface area contributed by atoms with Crippen LogP contribution in [0.5, 0.6) is 5.75 Å². The van der Waals surface area contributed by atoms with Gasteiger partial charge in [-0.3, -0.25) is 4.79 Å². The number of likely N-dealkylation sites (N-methyl/N-ethyl adjacent to an activating group) is 1. The van der Waals surface area contributed by atoms with Crippen LogP contribution in [0.1, 0.15) is 51.5 Å². The van der Waals surface area contributed by atoms with Crippen molar-refractivity contribution in [2.24, 2.45) is 0 Å². The van der Waals surface area contributed by atoms with E-state index in [0.717, 1.165) is 30.6 Å². The first kappa shape index (κ1) is 15.9. The lowest BCUT2D eigenvalue weighted by Crippen LogP contribution is -2.44. The fourth-order valence-electron chi connectivity index (χ4n) is 3.09. The van der Waals surface area contributed by atoms with Crippen molar-refractivity contribution in [3.63, 3.8) is 0 Å². The molecule has 21 heavy (non-hydrogen) atoms. The summed E-state index contributed by atoms with van der Waals surface area (Å²) in [5.74, 6) is 0.922. The molecule has 0 heterocycles. The number of nitrogens with zero attached hydrogens (tertiary/aromatic N) is 1. The highest BCUT2D eigenvalue weighted by atomic mass is 16.5. The highest BCUT2D eigenvalue weighted by Gasteiger charge is 2.26. The summed E-state index contributed by atoms with van der Waals surface area (Å²) < 4.78 is 5.92. The minimum absolute atomic E-state index is 0.0906. The van der Waals surface area contributed by atoms with Crippen LogP contribution < -0.4 is 4.74 Å². The van der Waals surface area contributed by atoms with Crippen LogP contribution in [-0.2, 0) is 11.2 Å². The molecule has 0 bridgehead atoms. The predicted octanol–water partition coefficient (Wildman–Crippen LogP) is 3.81. The first-order valence-electron chi connectivity index (χ1n) is 8.14. The van der Waals surface area contributed by atoms with Crippen LogP contribution in [0, 0.1) is 0 Å². The zero-order valence-corrected chi connectivity index (χ0v) is 13.5. The van der Waals surface area contributed by atoms with Gasteiger partial charge in [0.15, 0.2) is 6.10 Å². The van der Waals surface area contributed by atoms with Gasteiger partial charge in [-0.15, -0.1) is 0 Å². The van der Waals surface area contributed by atoms with E-state index in [4.69, 9.17) is 4.74 Å². The Morgan fingerprint density at radius 1 is 1.29 bits per heavy atom. The van der Waals surface area contributed by atoms with E-state index in [1.54, 1.807) is 0 Å². The fourth-order valence-corrected chi connectivity index (χ4v) is 3.09. The number of rotatable bonds is 5. The fraction of sp³-hybridized carbons (Fsp3) is 0.611. The molecule has 0 unspecified atom stereocenters. The Labute approximate surface area is 128 Å². The SMILES string of the molecule is CCc1ccccc1O[C@@H](C)C(=O)N(C)C1CCCCC1. The van der Waals surface area contributed by atoms with Crippen LogP contribution >= 0.6 is 0 Å². The Bertz CT molecular complexity index is 466. The van der Waals surface area contributed by atoms with E-state index in [1.165, 1.54) is 19.3 Å². The second kappa shape index (κ2) is 7.48. The van der Waals surface area contributed by atoms with Crippen molar-refractivity contribution in [1.29, 1.82) is 0 Å². The molecule has 2 rings (SSSR count). The molecular weight excluding hydrogens is 262 g/mol. The molecule has 3 heteroatoms. The molecule has 116 valence electrons. The van der Waals surface area contributed by atoms with Crippen LogP contribution in [0.2, 0.25) is 0 Å². The Morgan fingerprint density at radius 2 is 1.95 bits per heavy atom. The molecule has 0 saturated heterocycles. The number of amides is 1. The zero-order chi connectivity index (χ0) is 15.2. The molecule has 1 saturated carbocycles. The van der Waals surface area contributed by atoms with Crippen molar-refractivity contribution < 1.29 is 9.53 Å². The van der Waals surface area contributed by atoms with Crippen molar-refractivity contribution in [2.75, 3.05) is 7.05 Å². The third-order valence-corrected chi connectivity index (χ3v) is 4.48. The normalized spacial score (nSPS) is 17.3. The predicted molar refractivity (Wildman–Crippen MR) is 85.6 cm³/mol. The van der Waals surface area contributed by atoms with Crippen LogP contribution in [-0.4, -0.2) is 30.0 Å². The minimum atomic E-state index is -0.426. The maximum Gasteiger partial charge on any atom is 0.263 e. The minimum Gasteiger partial charge on any atom is -0.481 e. The van der Waals surface area contributed by atoms with Crippen molar-refractivity contribution in [2.45, 2.75) is 64.5 Å². The van der Waals surface area contributed by atoms with Gasteiger partial charge in [0.05, 0.1) is 0 Å². The number of hydrogen-bond donors (Lipinski definition) is 0. The first-order chi connectivity index (χ1) is 10.1. The summed E-state index contributed by atoms with van der Waals surface area (Å²) in [7, 11) is 1.92. The van der Waals surface area contributed by atoms with E-state index in [2.05, 4.69) is 13.0 Å². The summed E-state index contributed by atoms with van der Waals surface area (Å²) in [4.78, 5) is 14.4. The number of aryl methyl sites for hydroxylation is 1. The molecule has 0 aliphatic heterocycles. The van der Waals surface area contributed by atoms with E-state index in [9.17, 15) is 4.79 Å². The maximum atomic E-state index is 12.5. The van der Waals surface area contributed by atoms with Gasteiger partial charge in [0.1, 0.15) is 5.75 Å². The molecule has 1 aromatic rings. The lowest BCUT2D eigenvalue weighted by atomic mass is 9.94. The molecule has 1 aliphatic rings. The Hall–Kier alpha value is -1.51. The molecule has 1 aromatic carbocycles. The molecule has 1 amide bonds. The first-order valence-corrected chi connectivity index (χ1v) is 8.14. The van der Waals surface area contributed by atoms with Gasteiger partial charge in [0.25, 0.3) is 5.91 Å². The third kappa shape index (κ3) is 3.99. The second-order valence-electron chi connectivity index (χ2n) is 5.96. The lowest BCUT2D eigenvalue weighted by Gasteiger charge is -2.33. The maximum absolute atomic E-state index is 12.5. The van der Waals surface area contributed by atoms with Gasteiger partial charge in [-0.1, -0.05) is 44.4 Å². The topological polar surface area (TPSA) is 29.5 Å². The number of hydrogen-bond acceptors (Lipinski definition) is 2. The average Bonchev–Trinajstić information content (AvgIpc) is 2.54. The summed E-state index contributed by atoms with van der Waals surface area (Å²) in [6, 6.07) is 8.35. The number of carbonyl (C=O) groups is 1. The number of ether oxygens (including phenoxy) is 1.